The van der Waals surface area contributed by atoms with E-state index in [0.717, 1.165) is 25.9 Å². The summed E-state index contributed by atoms with van der Waals surface area (Å²) in [4.78, 5) is 10.6. The highest BCUT2D eigenvalue weighted by molar-refractivity contribution is 5.84. The van der Waals surface area contributed by atoms with E-state index < -0.39 is 5.97 Å². The Bertz CT molecular complexity index is 371. The van der Waals surface area contributed by atoms with E-state index in [0.29, 0.717) is 13.2 Å². The van der Waals surface area contributed by atoms with Gasteiger partial charge < -0.3 is 14.6 Å². The van der Waals surface area contributed by atoms with E-state index in [9.17, 15) is 4.79 Å². The molecular weight excluding hydrogens is 224 g/mol. The summed E-state index contributed by atoms with van der Waals surface area (Å²) < 4.78 is 12.5. The molecule has 1 fully saturated rings. The van der Waals surface area contributed by atoms with Crippen LogP contribution < -0.4 is 0 Å². The molecule has 0 bridgehead atoms. The van der Waals surface area contributed by atoms with Gasteiger partial charge in [-0.05, 0) is 25.3 Å². The van der Waals surface area contributed by atoms with Gasteiger partial charge in [0.05, 0.1) is 13.2 Å². The molecule has 2 heterocycles. The van der Waals surface area contributed by atoms with Crippen molar-refractivity contribution in [2.45, 2.75) is 32.1 Å². The van der Waals surface area contributed by atoms with Crippen molar-refractivity contribution in [3.8, 4) is 0 Å². The largest absolute Gasteiger partial charge is 0.476 e. The third-order valence-electron chi connectivity index (χ3n) is 2.62. The predicted octanol–water partition coefficient (Wildman–Crippen LogP) is 1.12. The SMILES string of the molecule is O=C(O)c1ccn(CCOC2CCCCO2)n1. The Morgan fingerprint density at radius 2 is 2.53 bits per heavy atom. The van der Waals surface area contributed by atoms with Crippen LogP contribution >= 0.6 is 0 Å². The number of rotatable bonds is 5. The van der Waals surface area contributed by atoms with Gasteiger partial charge in [-0.15, -0.1) is 0 Å². The van der Waals surface area contributed by atoms with Gasteiger partial charge >= 0.3 is 5.97 Å². The highest BCUT2D eigenvalue weighted by Crippen LogP contribution is 2.13. The highest BCUT2D eigenvalue weighted by Gasteiger charge is 2.13. The zero-order valence-corrected chi connectivity index (χ0v) is 9.54. The van der Waals surface area contributed by atoms with Gasteiger partial charge in [0.2, 0.25) is 0 Å². The maximum atomic E-state index is 10.6. The monoisotopic (exact) mass is 240 g/mol. The molecule has 0 amide bonds. The molecular formula is C11H16N2O4. The summed E-state index contributed by atoms with van der Waals surface area (Å²) in [5, 5.41) is 12.6. The summed E-state index contributed by atoms with van der Waals surface area (Å²) in [6, 6.07) is 1.47. The fourth-order valence-corrected chi connectivity index (χ4v) is 1.72. The zero-order chi connectivity index (χ0) is 12.1. The standard InChI is InChI=1S/C11H16N2O4/c14-11(15)9-4-5-13(12-9)6-8-17-10-3-1-2-7-16-10/h4-5,10H,1-3,6-8H2,(H,14,15). The number of aromatic nitrogens is 2. The van der Waals surface area contributed by atoms with Gasteiger partial charge in [-0.1, -0.05) is 0 Å². The predicted molar refractivity (Wildman–Crippen MR) is 58.7 cm³/mol. The minimum atomic E-state index is -1.01. The van der Waals surface area contributed by atoms with Crippen molar-refractivity contribution in [2.24, 2.45) is 0 Å². The summed E-state index contributed by atoms with van der Waals surface area (Å²) in [6.45, 7) is 1.77. The molecule has 0 saturated carbocycles. The number of ether oxygens (including phenoxy) is 2. The Morgan fingerprint density at radius 3 is 3.18 bits per heavy atom. The number of hydrogen-bond donors (Lipinski definition) is 1. The summed E-state index contributed by atoms with van der Waals surface area (Å²) in [6.07, 6.45) is 4.68. The first kappa shape index (κ1) is 12.1. The van der Waals surface area contributed by atoms with Crippen LogP contribution in [0.25, 0.3) is 0 Å². The Labute approximate surface area is 99.1 Å². The van der Waals surface area contributed by atoms with Gasteiger partial charge in [0.1, 0.15) is 0 Å². The van der Waals surface area contributed by atoms with E-state index >= 15 is 0 Å². The van der Waals surface area contributed by atoms with Crippen molar-refractivity contribution in [3.05, 3.63) is 18.0 Å². The van der Waals surface area contributed by atoms with Gasteiger partial charge in [-0.25, -0.2) is 4.79 Å². The molecule has 1 N–H and O–H groups in total. The molecule has 1 aromatic rings. The van der Waals surface area contributed by atoms with Crippen molar-refractivity contribution in [1.29, 1.82) is 0 Å². The van der Waals surface area contributed by atoms with Crippen LogP contribution in [-0.2, 0) is 16.0 Å². The van der Waals surface area contributed by atoms with Crippen molar-refractivity contribution in [2.75, 3.05) is 13.2 Å². The summed E-state index contributed by atoms with van der Waals surface area (Å²) in [7, 11) is 0. The molecule has 94 valence electrons. The Morgan fingerprint density at radius 1 is 1.65 bits per heavy atom. The van der Waals surface area contributed by atoms with E-state index in [2.05, 4.69) is 5.10 Å². The maximum absolute atomic E-state index is 10.6. The van der Waals surface area contributed by atoms with Gasteiger partial charge in [-0.3, -0.25) is 4.68 Å². The lowest BCUT2D eigenvalue weighted by atomic mass is 10.2. The molecule has 1 aliphatic heterocycles. The van der Waals surface area contributed by atoms with Crippen molar-refractivity contribution in [1.82, 2.24) is 9.78 Å². The number of aromatic carboxylic acids is 1. The number of hydrogen-bond acceptors (Lipinski definition) is 4. The lowest BCUT2D eigenvalue weighted by Gasteiger charge is -2.22. The van der Waals surface area contributed by atoms with Gasteiger partial charge in [0, 0.05) is 12.8 Å². The lowest BCUT2D eigenvalue weighted by Crippen LogP contribution is -2.24. The zero-order valence-electron chi connectivity index (χ0n) is 9.54. The first-order chi connectivity index (χ1) is 8.25. The second-order valence-electron chi connectivity index (χ2n) is 3.94. The van der Waals surface area contributed by atoms with Crippen LogP contribution in [0.4, 0.5) is 0 Å². The summed E-state index contributed by atoms with van der Waals surface area (Å²) in [5.41, 5.74) is 0.0546. The van der Waals surface area contributed by atoms with Crippen molar-refractivity contribution < 1.29 is 19.4 Å². The van der Waals surface area contributed by atoms with Crippen LogP contribution in [0.3, 0.4) is 0 Å². The average Bonchev–Trinajstić information content (AvgIpc) is 2.79. The molecule has 6 heteroatoms. The Balaban J connectivity index is 1.71. The molecule has 1 saturated heterocycles. The van der Waals surface area contributed by atoms with Gasteiger partial charge in [0.25, 0.3) is 0 Å². The smallest absolute Gasteiger partial charge is 0.356 e. The minimum Gasteiger partial charge on any atom is -0.476 e. The first-order valence-electron chi connectivity index (χ1n) is 5.75. The topological polar surface area (TPSA) is 73.6 Å². The van der Waals surface area contributed by atoms with Crippen molar-refractivity contribution >= 4 is 5.97 Å². The average molecular weight is 240 g/mol. The van der Waals surface area contributed by atoms with Crippen LogP contribution in [0.1, 0.15) is 29.8 Å². The first-order valence-corrected chi connectivity index (χ1v) is 5.75. The minimum absolute atomic E-state index is 0.0546. The van der Waals surface area contributed by atoms with Crippen LogP contribution in [-0.4, -0.2) is 40.4 Å². The molecule has 2 rings (SSSR count). The van der Waals surface area contributed by atoms with Crippen LogP contribution in [0, 0.1) is 0 Å². The van der Waals surface area contributed by atoms with E-state index in [1.165, 1.54) is 6.07 Å². The normalized spacial score (nSPS) is 20.4. The number of carboxylic acid groups (broad SMARTS) is 1. The number of carboxylic acids is 1. The van der Waals surface area contributed by atoms with Gasteiger partial charge in [0.15, 0.2) is 12.0 Å². The van der Waals surface area contributed by atoms with Gasteiger partial charge in [-0.2, -0.15) is 5.10 Å². The summed E-state index contributed by atoms with van der Waals surface area (Å²) >= 11 is 0. The van der Waals surface area contributed by atoms with Crippen molar-refractivity contribution in [3.63, 3.8) is 0 Å². The van der Waals surface area contributed by atoms with E-state index in [1.807, 2.05) is 0 Å². The fraction of sp³-hybridized carbons (Fsp3) is 0.636. The molecule has 0 aliphatic carbocycles. The van der Waals surface area contributed by atoms with E-state index in [1.54, 1.807) is 10.9 Å². The molecule has 1 unspecified atom stereocenters. The van der Waals surface area contributed by atoms with Crippen LogP contribution in [0.2, 0.25) is 0 Å². The number of carbonyl (C=O) groups is 1. The third-order valence-corrected chi connectivity index (χ3v) is 2.62. The lowest BCUT2D eigenvalue weighted by molar-refractivity contribution is -0.163. The molecule has 1 atom stereocenters. The Kier molecular flexibility index (Phi) is 4.11. The maximum Gasteiger partial charge on any atom is 0.356 e. The second-order valence-corrected chi connectivity index (χ2v) is 3.94. The molecule has 6 nitrogen and oxygen atoms in total. The molecule has 17 heavy (non-hydrogen) atoms. The van der Waals surface area contributed by atoms with Crippen LogP contribution in [0.15, 0.2) is 12.3 Å². The second kappa shape index (κ2) is 5.79. The third kappa shape index (κ3) is 3.54. The molecule has 0 aromatic carbocycles. The quantitative estimate of drug-likeness (QED) is 0.835. The molecule has 0 spiro atoms. The molecule has 1 aromatic heterocycles. The van der Waals surface area contributed by atoms with E-state index in [4.69, 9.17) is 14.6 Å². The van der Waals surface area contributed by atoms with E-state index in [-0.39, 0.29) is 12.0 Å². The fourth-order valence-electron chi connectivity index (χ4n) is 1.72. The molecule has 0 radical (unpaired) electrons. The van der Waals surface area contributed by atoms with Crippen LogP contribution in [0.5, 0.6) is 0 Å². The Hall–Kier alpha value is -1.40. The highest BCUT2D eigenvalue weighted by atomic mass is 16.7. The summed E-state index contributed by atoms with van der Waals surface area (Å²) in [5.74, 6) is -1.01. The number of nitrogens with zero attached hydrogens (tertiary/aromatic N) is 2. The molecule has 1 aliphatic rings.